The van der Waals surface area contributed by atoms with Gasteiger partial charge in [0.25, 0.3) is 0 Å². The van der Waals surface area contributed by atoms with Crippen LogP contribution in [0.15, 0.2) is 406 Å². The van der Waals surface area contributed by atoms with Gasteiger partial charge in [-0.25, -0.2) is 17.6 Å². The molecule has 17 aromatic carbocycles. The van der Waals surface area contributed by atoms with E-state index in [2.05, 4.69) is 135 Å². The highest BCUT2D eigenvalue weighted by molar-refractivity contribution is 14.1. The number of methoxy groups -OCH3 is 5. The maximum absolute atomic E-state index is 13.9. The average molecular weight is 2150 g/mol. The molecular weight excluding hydrogens is 2060 g/mol. The molecule has 0 radical (unpaired) electrons. The third kappa shape index (κ3) is 31.1. The van der Waals surface area contributed by atoms with Crippen LogP contribution in [0, 0.1) is 49.5 Å². The van der Waals surface area contributed by atoms with E-state index in [0.717, 1.165) is 133 Å². The Labute approximate surface area is 816 Å². The van der Waals surface area contributed by atoms with E-state index in [4.69, 9.17) is 68.3 Å². The highest BCUT2D eigenvalue weighted by Gasteiger charge is 2.15. The van der Waals surface area contributed by atoms with Gasteiger partial charge in [-0.1, -0.05) is 209 Å². The minimum atomic E-state index is -1.45. The number of hydrogen-bond acceptors (Lipinski definition) is 14. The third-order valence-corrected chi connectivity index (χ3v) is 22.2. The first-order valence-electron chi connectivity index (χ1n) is 40.5. The third-order valence-electron chi connectivity index (χ3n) is 19.4. The van der Waals surface area contributed by atoms with Crippen LogP contribution in [-0.4, -0.2) is 57.8 Å². The Morgan fingerprint density at radius 2 is 0.414 bits per heavy atom. The second-order valence-corrected chi connectivity index (χ2v) is 33.2. The van der Waals surface area contributed by atoms with Gasteiger partial charge in [0.05, 0.1) is 35.5 Å². The highest BCUT2D eigenvalue weighted by Crippen LogP contribution is 2.36. The Morgan fingerprint density at radius 3 is 0.632 bits per heavy atom. The second-order valence-electron chi connectivity index (χ2n) is 28.3. The van der Waals surface area contributed by atoms with Gasteiger partial charge in [-0.05, 0) is 337 Å². The smallest absolute Gasteiger partial charge is 0.488 e. The fourth-order valence-electron chi connectivity index (χ4n) is 12.3. The summed E-state index contributed by atoms with van der Waals surface area (Å²) in [6.07, 6.45) is 0. The maximum atomic E-state index is 13.9. The molecule has 0 spiro atoms. The Morgan fingerprint density at radius 1 is 0.241 bits per heavy atom. The summed E-state index contributed by atoms with van der Waals surface area (Å²) in [5, 5.41) is 44.4. The second kappa shape index (κ2) is 51.0. The lowest BCUT2D eigenvalue weighted by molar-refractivity contribution is 0.413. The van der Waals surface area contributed by atoms with Crippen molar-refractivity contribution >= 4 is 98.9 Å². The normalized spacial score (nSPS) is 10.1. The number of benzene rings is 17. The molecule has 14 nitrogen and oxygen atoms in total. The molecule has 3 N–H and O–H groups in total. The molecule has 0 bridgehead atoms. The standard InChI is InChI=1S/C26H17F2NO2.C19H17BO4.2C19H15BrO2.C12H9BrO.C7H2BrF2N.C7H7IO/c1-30-21-10-12-23(13-11-21)31-22-8-6-18(7-9-22)17-2-4-19(5-3-17)20-14-25(27)24(16-29)26(28)15-20;1-23-17-10-12-19(13-11-17)24-18-8-4-15(5-9-18)14-2-6-16(7-3-14)20(21)22;2*1-21-17-10-12-19(13-11-17)22-18-8-4-15(5-9-18)14-2-6-16(20)7-3-14;13-11-5-1-9(2-6-11)10-3-7-12(14)8-4-10;8-4-1-6(9)5(3-11)7(10)2-4;1-9-7-4-2-6(8)3-5-7/h2-15H,1H3;2-13,21-22H,1H3;2*2-13H,1H3;1-8,14H;1-2H;2-5H,1H3. The number of aromatic hydroxyl groups is 1. The molecule has 666 valence electrons. The van der Waals surface area contributed by atoms with Gasteiger partial charge >= 0.3 is 7.12 Å². The molecule has 17 aromatic rings. The molecule has 0 saturated heterocycles. The number of phenols is 1. The summed E-state index contributed by atoms with van der Waals surface area (Å²) in [5.41, 5.74) is 11.3. The number of nitriles is 2. The van der Waals surface area contributed by atoms with Gasteiger partial charge in [0.1, 0.15) is 127 Å². The topological polar surface area (TPSA) is 191 Å². The van der Waals surface area contributed by atoms with E-state index in [9.17, 15) is 17.6 Å². The summed E-state index contributed by atoms with van der Waals surface area (Å²) in [7, 11) is 6.76. The largest absolute Gasteiger partial charge is 0.508 e. The lowest BCUT2D eigenvalue weighted by Crippen LogP contribution is -2.29. The minimum absolute atomic E-state index is 0.284. The highest BCUT2D eigenvalue weighted by atomic mass is 127. The number of phenolic OH excluding ortho intramolecular Hbond substituents is 1. The van der Waals surface area contributed by atoms with Crippen molar-refractivity contribution in [1.82, 2.24) is 0 Å². The fraction of sp³-hybridized carbons (Fsp3) is 0.0459. The summed E-state index contributed by atoms with van der Waals surface area (Å²) in [6.45, 7) is 0. The quantitative estimate of drug-likeness (QED) is 0.0371. The van der Waals surface area contributed by atoms with Crippen LogP contribution < -0.4 is 48.1 Å². The molecule has 133 heavy (non-hydrogen) atoms. The molecule has 0 saturated carbocycles. The molecule has 0 aliphatic heterocycles. The van der Waals surface area contributed by atoms with Crippen LogP contribution in [0.25, 0.3) is 66.8 Å². The first-order chi connectivity index (χ1) is 64.4. The molecule has 0 aliphatic rings. The van der Waals surface area contributed by atoms with Crippen LogP contribution in [0.4, 0.5) is 17.6 Å². The lowest BCUT2D eigenvalue weighted by atomic mass is 9.80. The SMILES string of the molecule is COc1ccc(I)cc1.COc1ccc(Oc2ccc(-c3ccc(-c4cc(F)c(C#N)c(F)c4)cc3)cc2)cc1.COc1ccc(Oc2ccc(-c3ccc(B(O)O)cc3)cc2)cc1.COc1ccc(Oc2ccc(-c3ccc(Br)cc3)cc2)cc1.COc1ccc(Oc2ccc(-c3ccc(Br)cc3)cc2)cc1.N#Cc1c(F)cc(Br)cc1F.Oc1ccc(-c2ccc(Br)cc2)cc1. The summed E-state index contributed by atoms with van der Waals surface area (Å²) >= 11 is 15.4. The zero-order chi connectivity index (χ0) is 94.5. The van der Waals surface area contributed by atoms with Crippen LogP contribution in [0.3, 0.4) is 0 Å². The van der Waals surface area contributed by atoms with Gasteiger partial charge in [-0.2, -0.15) is 10.5 Å². The van der Waals surface area contributed by atoms with Gasteiger partial charge in [0.15, 0.2) is 0 Å². The number of nitrogens with zero attached hydrogens (tertiary/aromatic N) is 2. The monoisotopic (exact) mass is 2140 g/mol. The molecule has 0 fully saturated rings. The molecule has 0 atom stereocenters. The van der Waals surface area contributed by atoms with Crippen LogP contribution in [0.5, 0.6) is 80.5 Å². The van der Waals surface area contributed by atoms with E-state index < -0.39 is 41.5 Å². The fourth-order valence-corrected chi connectivity index (χ4v) is 13.9. The van der Waals surface area contributed by atoms with Crippen molar-refractivity contribution in [1.29, 1.82) is 10.5 Å². The predicted molar refractivity (Wildman–Crippen MR) is 541 cm³/mol. The van der Waals surface area contributed by atoms with Gasteiger partial charge in [-0.3, -0.25) is 0 Å². The molecule has 0 amide bonds. The van der Waals surface area contributed by atoms with Gasteiger partial charge in [0.2, 0.25) is 0 Å². The Hall–Kier alpha value is -13.9. The molecule has 0 heterocycles. The van der Waals surface area contributed by atoms with Crippen LogP contribution in [-0.2, 0) is 0 Å². The molecular formula is C109H82BBr4F4IN2O12. The summed E-state index contributed by atoms with van der Waals surface area (Å²) in [6, 6.07) is 123. The summed E-state index contributed by atoms with van der Waals surface area (Å²) in [4.78, 5) is 0. The molecule has 0 aliphatic carbocycles. The van der Waals surface area contributed by atoms with Crippen LogP contribution in [0.2, 0.25) is 0 Å². The zero-order valence-electron chi connectivity index (χ0n) is 71.8. The van der Waals surface area contributed by atoms with E-state index in [-0.39, 0.29) is 4.47 Å². The lowest BCUT2D eigenvalue weighted by Gasteiger charge is -2.09. The molecule has 17 rings (SSSR count). The van der Waals surface area contributed by atoms with Crippen LogP contribution in [0.1, 0.15) is 11.1 Å². The Balaban J connectivity index is 0.000000154. The summed E-state index contributed by atoms with van der Waals surface area (Å²) in [5.74, 6) is 7.06. The van der Waals surface area contributed by atoms with E-state index in [1.165, 1.54) is 39.0 Å². The first-order valence-corrected chi connectivity index (χ1v) is 44.8. The van der Waals surface area contributed by atoms with Crippen molar-refractivity contribution in [3.05, 3.63) is 444 Å². The predicted octanol–water partition coefficient (Wildman–Crippen LogP) is 30.4. The first kappa shape index (κ1) is 99.6. The van der Waals surface area contributed by atoms with Crippen molar-refractivity contribution in [2.75, 3.05) is 35.5 Å². The van der Waals surface area contributed by atoms with Crippen molar-refractivity contribution in [2.45, 2.75) is 0 Å². The number of hydrogen-bond donors (Lipinski definition) is 3. The van der Waals surface area contributed by atoms with E-state index >= 15 is 0 Å². The van der Waals surface area contributed by atoms with Gasteiger partial charge in [0, 0.05) is 21.5 Å². The number of rotatable bonds is 20. The minimum Gasteiger partial charge on any atom is -0.508 e. The van der Waals surface area contributed by atoms with Crippen molar-refractivity contribution in [2.24, 2.45) is 0 Å². The van der Waals surface area contributed by atoms with Crippen molar-refractivity contribution in [3.63, 3.8) is 0 Å². The van der Waals surface area contributed by atoms with E-state index in [1.54, 1.807) is 71.9 Å². The van der Waals surface area contributed by atoms with Crippen LogP contribution >= 0.6 is 86.3 Å². The van der Waals surface area contributed by atoms with E-state index in [1.807, 2.05) is 279 Å². The number of halogens is 9. The van der Waals surface area contributed by atoms with E-state index in [0.29, 0.717) is 33.8 Å². The number of ether oxygens (including phenoxy) is 9. The maximum Gasteiger partial charge on any atom is 0.488 e. The molecule has 0 unspecified atom stereocenters. The summed E-state index contributed by atoms with van der Waals surface area (Å²) < 4.78 is 107. The molecule has 24 heteroatoms. The van der Waals surface area contributed by atoms with Gasteiger partial charge < -0.3 is 57.8 Å². The van der Waals surface area contributed by atoms with Crippen molar-refractivity contribution in [3.8, 4) is 159 Å². The zero-order valence-corrected chi connectivity index (χ0v) is 80.3. The Kier molecular flexibility index (Phi) is 38.2. The Bertz CT molecular complexity index is 6390. The average Bonchev–Trinajstić information content (AvgIpc) is 0.810. The van der Waals surface area contributed by atoms with Crippen molar-refractivity contribution < 1.29 is 75.3 Å². The molecule has 0 aromatic heterocycles. The van der Waals surface area contributed by atoms with Gasteiger partial charge in [-0.15, -0.1) is 0 Å².